The summed E-state index contributed by atoms with van der Waals surface area (Å²) in [7, 11) is 0. The highest BCUT2D eigenvalue weighted by Crippen LogP contribution is 2.17. The summed E-state index contributed by atoms with van der Waals surface area (Å²) in [4.78, 5) is 24.5. The van der Waals surface area contributed by atoms with E-state index in [2.05, 4.69) is 16.0 Å². The largest absolute Gasteiger partial charge is 0.321 e. The maximum absolute atomic E-state index is 11.7. The van der Waals surface area contributed by atoms with Crippen molar-refractivity contribution in [3.63, 3.8) is 0 Å². The lowest BCUT2D eigenvalue weighted by atomic mass is 10.2. The summed E-state index contributed by atoms with van der Waals surface area (Å²) >= 11 is 0. The van der Waals surface area contributed by atoms with Gasteiger partial charge in [0.05, 0.1) is 0 Å². The third-order valence-electron chi connectivity index (χ3n) is 2.95. The van der Waals surface area contributed by atoms with Crippen LogP contribution in [0.25, 0.3) is 0 Å². The van der Waals surface area contributed by atoms with Gasteiger partial charge < -0.3 is 16.0 Å². The molecule has 2 atom stereocenters. The zero-order valence-corrected chi connectivity index (χ0v) is 9.01. The molecule has 0 unspecified atom stereocenters. The van der Waals surface area contributed by atoms with Gasteiger partial charge in [0.15, 0.2) is 0 Å². The first-order valence-electron chi connectivity index (χ1n) is 5.42. The smallest absolute Gasteiger partial charge is 0.314 e. The number of nitrogens with one attached hydrogen (secondary N) is 3. The van der Waals surface area contributed by atoms with E-state index in [1.54, 1.807) is 4.90 Å². The number of fused-ring (bicyclic) bond motifs is 1. The van der Waals surface area contributed by atoms with Crippen molar-refractivity contribution in [2.24, 2.45) is 0 Å². The first-order chi connectivity index (χ1) is 8.24. The standard InChI is InChI=1S/C11H12N4O2/c16-10-12-8-9(14-10)15(11(17)13-8)6-7-4-2-1-3-5-7/h1-5,8-9H,6H2,(H,13,17)(H2,12,14,16)/t8-,9-/m0/s1. The predicted octanol–water partition coefficient (Wildman–Crippen LogP) is 0.177. The van der Waals surface area contributed by atoms with Gasteiger partial charge in [-0.05, 0) is 5.56 Å². The molecule has 3 rings (SSSR count). The van der Waals surface area contributed by atoms with Crippen molar-refractivity contribution in [1.29, 1.82) is 0 Å². The zero-order valence-electron chi connectivity index (χ0n) is 9.01. The molecule has 2 fully saturated rings. The summed E-state index contributed by atoms with van der Waals surface area (Å²) in [5, 5.41) is 8.06. The Kier molecular flexibility index (Phi) is 2.14. The third kappa shape index (κ3) is 1.67. The van der Waals surface area contributed by atoms with Crippen LogP contribution in [0.3, 0.4) is 0 Å². The highest BCUT2D eigenvalue weighted by molar-refractivity contribution is 5.84. The molecule has 2 aliphatic heterocycles. The number of hydrogen-bond acceptors (Lipinski definition) is 2. The van der Waals surface area contributed by atoms with E-state index in [1.807, 2.05) is 30.3 Å². The van der Waals surface area contributed by atoms with Crippen LogP contribution in [0, 0.1) is 0 Å². The summed E-state index contributed by atoms with van der Waals surface area (Å²) in [6.07, 6.45) is -0.645. The van der Waals surface area contributed by atoms with E-state index in [-0.39, 0.29) is 24.4 Å². The van der Waals surface area contributed by atoms with Gasteiger partial charge >= 0.3 is 12.1 Å². The second kappa shape index (κ2) is 3.65. The molecule has 0 radical (unpaired) electrons. The van der Waals surface area contributed by atoms with Gasteiger partial charge in [-0.2, -0.15) is 0 Å². The van der Waals surface area contributed by atoms with Gasteiger partial charge in [0.1, 0.15) is 12.3 Å². The fourth-order valence-corrected chi connectivity index (χ4v) is 2.14. The van der Waals surface area contributed by atoms with Crippen LogP contribution in [-0.4, -0.2) is 29.3 Å². The Morgan fingerprint density at radius 1 is 1.06 bits per heavy atom. The van der Waals surface area contributed by atoms with E-state index in [9.17, 15) is 9.59 Å². The summed E-state index contributed by atoms with van der Waals surface area (Å²) in [6, 6.07) is 9.25. The number of amides is 4. The molecule has 6 heteroatoms. The molecule has 0 bridgehead atoms. The molecule has 2 aliphatic rings. The summed E-state index contributed by atoms with van der Waals surface area (Å²) in [5.74, 6) is 0. The molecule has 17 heavy (non-hydrogen) atoms. The normalized spacial score (nSPS) is 26.2. The van der Waals surface area contributed by atoms with Crippen LogP contribution >= 0.6 is 0 Å². The molecular formula is C11H12N4O2. The minimum absolute atomic E-state index is 0.170. The Morgan fingerprint density at radius 3 is 2.59 bits per heavy atom. The van der Waals surface area contributed by atoms with E-state index < -0.39 is 0 Å². The summed E-state index contributed by atoms with van der Waals surface area (Å²) in [5.41, 5.74) is 1.03. The highest BCUT2D eigenvalue weighted by Gasteiger charge is 2.45. The second-order valence-electron chi connectivity index (χ2n) is 4.10. The van der Waals surface area contributed by atoms with E-state index >= 15 is 0 Å². The minimum Gasteiger partial charge on any atom is -0.314 e. The van der Waals surface area contributed by atoms with Gasteiger partial charge in [0.2, 0.25) is 0 Å². The molecule has 0 saturated carbocycles. The van der Waals surface area contributed by atoms with Crippen LogP contribution in [-0.2, 0) is 6.54 Å². The average molecular weight is 232 g/mol. The fourth-order valence-electron chi connectivity index (χ4n) is 2.14. The number of nitrogens with zero attached hydrogens (tertiary/aromatic N) is 1. The van der Waals surface area contributed by atoms with Crippen molar-refractivity contribution in [2.75, 3.05) is 0 Å². The topological polar surface area (TPSA) is 73.5 Å². The lowest BCUT2D eigenvalue weighted by molar-refractivity contribution is 0.192. The Hall–Kier alpha value is -2.24. The van der Waals surface area contributed by atoms with E-state index in [0.29, 0.717) is 6.54 Å². The lowest BCUT2D eigenvalue weighted by Gasteiger charge is -2.21. The Bertz CT molecular complexity index is 462. The number of rotatable bonds is 2. The number of benzene rings is 1. The monoisotopic (exact) mass is 232 g/mol. The van der Waals surface area contributed by atoms with E-state index in [0.717, 1.165) is 5.56 Å². The minimum atomic E-state index is -0.335. The van der Waals surface area contributed by atoms with Gasteiger partial charge in [-0.3, -0.25) is 4.90 Å². The van der Waals surface area contributed by atoms with Gasteiger partial charge in [-0.1, -0.05) is 30.3 Å². The van der Waals surface area contributed by atoms with Crippen LogP contribution in [0.1, 0.15) is 5.56 Å². The quantitative estimate of drug-likeness (QED) is 0.680. The number of carbonyl (C=O) groups excluding carboxylic acids is 2. The summed E-state index contributed by atoms with van der Waals surface area (Å²) < 4.78 is 0. The third-order valence-corrected chi connectivity index (χ3v) is 2.95. The van der Waals surface area contributed by atoms with E-state index in [1.165, 1.54) is 0 Å². The maximum atomic E-state index is 11.7. The Labute approximate surface area is 98.0 Å². The van der Waals surface area contributed by atoms with Gasteiger partial charge in [0.25, 0.3) is 0 Å². The van der Waals surface area contributed by atoms with Crippen LogP contribution in [0.4, 0.5) is 9.59 Å². The van der Waals surface area contributed by atoms with Crippen molar-refractivity contribution >= 4 is 12.1 Å². The molecule has 1 aromatic rings. The maximum Gasteiger partial charge on any atom is 0.321 e. The first kappa shape index (κ1) is 9.95. The zero-order chi connectivity index (χ0) is 11.8. The molecule has 2 heterocycles. The van der Waals surface area contributed by atoms with Crippen molar-refractivity contribution < 1.29 is 9.59 Å². The van der Waals surface area contributed by atoms with E-state index in [4.69, 9.17) is 0 Å². The van der Waals surface area contributed by atoms with Crippen LogP contribution < -0.4 is 16.0 Å². The van der Waals surface area contributed by atoms with Crippen LogP contribution in [0.2, 0.25) is 0 Å². The predicted molar refractivity (Wildman–Crippen MR) is 59.8 cm³/mol. The van der Waals surface area contributed by atoms with Crippen molar-refractivity contribution in [2.45, 2.75) is 18.9 Å². The molecular weight excluding hydrogens is 220 g/mol. The van der Waals surface area contributed by atoms with Crippen molar-refractivity contribution in [3.8, 4) is 0 Å². The lowest BCUT2D eigenvalue weighted by Crippen LogP contribution is -2.42. The molecule has 0 aromatic heterocycles. The molecule has 0 aliphatic carbocycles. The van der Waals surface area contributed by atoms with Crippen LogP contribution in [0.15, 0.2) is 30.3 Å². The summed E-state index contributed by atoms with van der Waals surface area (Å²) in [6.45, 7) is 0.482. The molecule has 0 spiro atoms. The highest BCUT2D eigenvalue weighted by atomic mass is 16.2. The SMILES string of the molecule is O=C1N[C@H]2NC(=O)N(Cc3ccccc3)[C@@H]2N1. The van der Waals surface area contributed by atoms with Gasteiger partial charge in [-0.15, -0.1) is 0 Å². The molecule has 3 N–H and O–H groups in total. The molecule has 88 valence electrons. The van der Waals surface area contributed by atoms with Crippen molar-refractivity contribution in [1.82, 2.24) is 20.9 Å². The molecule has 6 nitrogen and oxygen atoms in total. The number of carbonyl (C=O) groups is 2. The first-order valence-corrected chi connectivity index (χ1v) is 5.42. The van der Waals surface area contributed by atoms with Crippen LogP contribution in [0.5, 0.6) is 0 Å². The van der Waals surface area contributed by atoms with Gasteiger partial charge in [0, 0.05) is 6.54 Å². The molecule has 4 amide bonds. The number of hydrogen-bond donors (Lipinski definition) is 3. The van der Waals surface area contributed by atoms with Gasteiger partial charge in [-0.25, -0.2) is 9.59 Å². The number of urea groups is 2. The fraction of sp³-hybridized carbons (Fsp3) is 0.273. The Balaban J connectivity index is 1.78. The Morgan fingerprint density at radius 2 is 1.82 bits per heavy atom. The van der Waals surface area contributed by atoms with Crippen molar-refractivity contribution in [3.05, 3.63) is 35.9 Å². The molecule has 2 saturated heterocycles. The molecule has 1 aromatic carbocycles. The second-order valence-corrected chi connectivity index (χ2v) is 4.10. The average Bonchev–Trinajstić information content (AvgIpc) is 2.79.